The molecule has 3 nitrogen and oxygen atoms in total. The minimum absolute atomic E-state index is 0.333. The van der Waals surface area contributed by atoms with Gasteiger partial charge >= 0.3 is 5.97 Å². The molecule has 0 unspecified atom stereocenters. The summed E-state index contributed by atoms with van der Waals surface area (Å²) in [6, 6.07) is 23.0. The quantitative estimate of drug-likeness (QED) is 0.517. The molecule has 3 heteroatoms. The number of hydrogen-bond acceptors (Lipinski definition) is 3. The van der Waals surface area contributed by atoms with Crippen LogP contribution in [0.1, 0.15) is 21.5 Å². The molecule has 0 amide bonds. The van der Waals surface area contributed by atoms with E-state index in [1.165, 1.54) is 7.11 Å². The van der Waals surface area contributed by atoms with E-state index in [9.17, 15) is 4.79 Å². The van der Waals surface area contributed by atoms with Crippen LogP contribution in [-0.4, -0.2) is 20.2 Å². The van der Waals surface area contributed by atoms with Gasteiger partial charge in [-0.05, 0) is 59.7 Å². The summed E-state index contributed by atoms with van der Waals surface area (Å²) in [4.78, 5) is 11.5. The second-order valence-electron chi connectivity index (χ2n) is 5.62. The highest BCUT2D eigenvalue weighted by Gasteiger charge is 2.05. The van der Waals surface area contributed by atoms with Gasteiger partial charge in [0.2, 0.25) is 0 Å². The van der Waals surface area contributed by atoms with Crippen molar-refractivity contribution in [2.24, 2.45) is 0 Å². The summed E-state index contributed by atoms with van der Waals surface area (Å²) in [6.45, 7) is 0. The van der Waals surface area contributed by atoms with Gasteiger partial charge in [0.1, 0.15) is 5.75 Å². The summed E-state index contributed by atoms with van der Waals surface area (Å²) in [5.41, 5.74) is 4.52. The highest BCUT2D eigenvalue weighted by molar-refractivity contribution is 5.89. The van der Waals surface area contributed by atoms with Crippen molar-refractivity contribution < 1.29 is 14.3 Å². The predicted octanol–water partition coefficient (Wildman–Crippen LogP) is 4.55. The third kappa shape index (κ3) is 4.12. The van der Waals surface area contributed by atoms with Crippen LogP contribution in [0.5, 0.6) is 5.75 Å². The van der Waals surface area contributed by atoms with Crippen molar-refractivity contribution in [2.75, 3.05) is 14.2 Å². The molecule has 0 aliphatic heterocycles. The monoisotopic (exact) mass is 342 g/mol. The zero-order valence-electron chi connectivity index (χ0n) is 14.7. The third-order valence-electron chi connectivity index (χ3n) is 3.97. The molecule has 0 saturated carbocycles. The Kier molecular flexibility index (Phi) is 5.36. The second kappa shape index (κ2) is 8.04. The molecule has 0 heterocycles. The molecule has 26 heavy (non-hydrogen) atoms. The normalized spacial score (nSPS) is 9.77. The number of ether oxygens (including phenoxy) is 2. The highest BCUT2D eigenvalue weighted by Crippen LogP contribution is 2.20. The molecule has 0 fully saturated rings. The summed E-state index contributed by atoms with van der Waals surface area (Å²) >= 11 is 0. The fraction of sp³-hybridized carbons (Fsp3) is 0.0870. The molecule has 0 N–H and O–H groups in total. The number of carbonyl (C=O) groups is 1. The number of carbonyl (C=O) groups excluding carboxylic acids is 1. The Labute approximate surface area is 153 Å². The van der Waals surface area contributed by atoms with Crippen LogP contribution in [0.15, 0.2) is 72.8 Å². The van der Waals surface area contributed by atoms with E-state index in [2.05, 4.69) is 11.8 Å². The lowest BCUT2D eigenvalue weighted by atomic mass is 10.0. The Morgan fingerprint density at radius 2 is 1.15 bits per heavy atom. The Bertz CT molecular complexity index is 942. The van der Waals surface area contributed by atoms with Gasteiger partial charge in [0, 0.05) is 11.1 Å². The Hall–Kier alpha value is -3.51. The molecular weight excluding hydrogens is 324 g/mol. The zero-order chi connectivity index (χ0) is 18.4. The fourth-order valence-corrected chi connectivity index (χ4v) is 2.48. The van der Waals surface area contributed by atoms with Crippen LogP contribution < -0.4 is 4.74 Å². The molecule has 0 atom stereocenters. The van der Waals surface area contributed by atoms with Gasteiger partial charge in [0.15, 0.2) is 0 Å². The van der Waals surface area contributed by atoms with Crippen molar-refractivity contribution in [3.05, 3.63) is 89.5 Å². The minimum Gasteiger partial charge on any atom is -0.497 e. The van der Waals surface area contributed by atoms with Gasteiger partial charge < -0.3 is 9.47 Å². The molecule has 3 aromatic rings. The zero-order valence-corrected chi connectivity index (χ0v) is 14.7. The van der Waals surface area contributed by atoms with Crippen molar-refractivity contribution in [1.82, 2.24) is 0 Å². The number of esters is 1. The van der Waals surface area contributed by atoms with Gasteiger partial charge in [0.05, 0.1) is 19.8 Å². The smallest absolute Gasteiger partial charge is 0.337 e. The molecule has 0 spiro atoms. The van der Waals surface area contributed by atoms with Crippen LogP contribution in [0.25, 0.3) is 11.1 Å². The molecule has 128 valence electrons. The highest BCUT2D eigenvalue weighted by atomic mass is 16.5. The lowest BCUT2D eigenvalue weighted by molar-refractivity contribution is 0.0601. The van der Waals surface area contributed by atoms with Gasteiger partial charge in [-0.1, -0.05) is 36.1 Å². The minimum atomic E-state index is -0.333. The van der Waals surface area contributed by atoms with Gasteiger partial charge in [-0.2, -0.15) is 0 Å². The Morgan fingerprint density at radius 1 is 0.692 bits per heavy atom. The summed E-state index contributed by atoms with van der Waals surface area (Å²) < 4.78 is 9.85. The second-order valence-corrected chi connectivity index (χ2v) is 5.62. The van der Waals surface area contributed by atoms with Crippen LogP contribution >= 0.6 is 0 Å². The molecule has 0 aliphatic rings. The third-order valence-corrected chi connectivity index (χ3v) is 3.97. The Balaban J connectivity index is 1.74. The van der Waals surface area contributed by atoms with Gasteiger partial charge in [-0.25, -0.2) is 4.79 Å². The van der Waals surface area contributed by atoms with E-state index in [-0.39, 0.29) is 5.97 Å². The van der Waals surface area contributed by atoms with Crippen molar-refractivity contribution >= 4 is 5.97 Å². The van der Waals surface area contributed by atoms with E-state index in [0.717, 1.165) is 28.0 Å². The first-order chi connectivity index (χ1) is 12.7. The van der Waals surface area contributed by atoms with E-state index in [0.29, 0.717) is 5.56 Å². The number of hydrogen-bond donors (Lipinski definition) is 0. The maximum atomic E-state index is 11.5. The van der Waals surface area contributed by atoms with Crippen LogP contribution in [-0.2, 0) is 4.74 Å². The van der Waals surface area contributed by atoms with Crippen LogP contribution in [0.4, 0.5) is 0 Å². The lowest BCUT2D eigenvalue weighted by Crippen LogP contribution is -2.00. The molecule has 0 radical (unpaired) electrons. The average Bonchev–Trinajstić information content (AvgIpc) is 2.72. The van der Waals surface area contributed by atoms with E-state index in [4.69, 9.17) is 9.47 Å². The van der Waals surface area contributed by atoms with Crippen LogP contribution in [0.2, 0.25) is 0 Å². The fourth-order valence-electron chi connectivity index (χ4n) is 2.48. The number of rotatable bonds is 3. The summed E-state index contributed by atoms with van der Waals surface area (Å²) in [5, 5.41) is 0. The SMILES string of the molecule is COC(=O)c1ccc(-c2ccc(C#Cc3ccc(OC)cc3)cc2)cc1. The molecule has 3 rings (SSSR count). The predicted molar refractivity (Wildman–Crippen MR) is 102 cm³/mol. The van der Waals surface area contributed by atoms with E-state index in [1.54, 1.807) is 19.2 Å². The van der Waals surface area contributed by atoms with E-state index in [1.807, 2.05) is 60.7 Å². The van der Waals surface area contributed by atoms with Crippen molar-refractivity contribution in [1.29, 1.82) is 0 Å². The van der Waals surface area contributed by atoms with Crippen molar-refractivity contribution in [3.63, 3.8) is 0 Å². The molecule has 0 aromatic heterocycles. The first-order valence-corrected chi connectivity index (χ1v) is 8.14. The first kappa shape index (κ1) is 17.3. The molecular formula is C23H18O3. The van der Waals surface area contributed by atoms with Gasteiger partial charge in [-0.3, -0.25) is 0 Å². The molecule has 0 bridgehead atoms. The van der Waals surface area contributed by atoms with Crippen LogP contribution in [0.3, 0.4) is 0 Å². The largest absolute Gasteiger partial charge is 0.497 e. The van der Waals surface area contributed by atoms with Crippen molar-refractivity contribution in [3.8, 4) is 28.7 Å². The maximum Gasteiger partial charge on any atom is 0.337 e. The number of benzene rings is 3. The summed E-state index contributed by atoms with van der Waals surface area (Å²) in [5.74, 6) is 6.78. The van der Waals surface area contributed by atoms with E-state index < -0.39 is 0 Å². The van der Waals surface area contributed by atoms with Gasteiger partial charge in [0.25, 0.3) is 0 Å². The standard InChI is InChI=1S/C23H18O3/c1-25-22-15-7-18(8-16-22)4-3-17-5-9-19(10-6-17)20-11-13-21(14-12-20)23(24)26-2/h5-16H,1-2H3. The lowest BCUT2D eigenvalue weighted by Gasteiger charge is -2.04. The Morgan fingerprint density at radius 3 is 1.62 bits per heavy atom. The first-order valence-electron chi connectivity index (χ1n) is 8.14. The summed E-state index contributed by atoms with van der Waals surface area (Å²) in [6.07, 6.45) is 0. The van der Waals surface area contributed by atoms with Crippen molar-refractivity contribution in [2.45, 2.75) is 0 Å². The molecule has 0 saturated heterocycles. The van der Waals surface area contributed by atoms with E-state index >= 15 is 0 Å². The number of methoxy groups -OCH3 is 2. The topological polar surface area (TPSA) is 35.5 Å². The maximum absolute atomic E-state index is 11.5. The summed E-state index contributed by atoms with van der Waals surface area (Å²) in [7, 11) is 3.02. The molecule has 0 aliphatic carbocycles. The van der Waals surface area contributed by atoms with Crippen LogP contribution in [0, 0.1) is 11.8 Å². The van der Waals surface area contributed by atoms with Gasteiger partial charge in [-0.15, -0.1) is 0 Å². The average molecular weight is 342 g/mol. The molecule has 3 aromatic carbocycles.